The highest BCUT2D eigenvalue weighted by molar-refractivity contribution is 5.95. The van der Waals surface area contributed by atoms with Gasteiger partial charge in [0, 0.05) is 31.7 Å². The highest BCUT2D eigenvalue weighted by Gasteiger charge is 2.26. The molecule has 2 amide bonds. The van der Waals surface area contributed by atoms with Gasteiger partial charge in [-0.3, -0.25) is 9.59 Å². The van der Waals surface area contributed by atoms with Crippen molar-refractivity contribution in [1.29, 1.82) is 0 Å². The van der Waals surface area contributed by atoms with E-state index in [1.165, 1.54) is 4.90 Å². The van der Waals surface area contributed by atoms with Crippen LogP contribution in [-0.2, 0) is 11.2 Å². The van der Waals surface area contributed by atoms with Crippen LogP contribution in [0.5, 0.6) is 23.0 Å². The predicted octanol–water partition coefficient (Wildman–Crippen LogP) is 1.73. The predicted molar refractivity (Wildman–Crippen MR) is 105 cm³/mol. The van der Waals surface area contributed by atoms with Gasteiger partial charge in [0.2, 0.25) is 0 Å². The van der Waals surface area contributed by atoms with E-state index in [-0.39, 0.29) is 18.1 Å². The van der Waals surface area contributed by atoms with Crippen molar-refractivity contribution < 1.29 is 29.6 Å². The first-order valence-corrected chi connectivity index (χ1v) is 9.43. The van der Waals surface area contributed by atoms with Gasteiger partial charge < -0.3 is 29.9 Å². The minimum atomic E-state index is -0.665. The van der Waals surface area contributed by atoms with Gasteiger partial charge in [0.25, 0.3) is 11.8 Å². The normalized spacial score (nSPS) is 14.0. The van der Waals surface area contributed by atoms with Crippen LogP contribution in [0.25, 0.3) is 0 Å². The number of carbonyl (C=O) groups excluding carboxylic acids is 2. The van der Waals surface area contributed by atoms with E-state index in [4.69, 9.17) is 4.74 Å². The summed E-state index contributed by atoms with van der Waals surface area (Å²) < 4.78 is 5.67. The van der Waals surface area contributed by atoms with Crippen molar-refractivity contribution in [1.82, 2.24) is 9.80 Å². The molecular weight excluding hydrogens is 376 g/mol. The van der Waals surface area contributed by atoms with Gasteiger partial charge in [-0.15, -0.1) is 0 Å². The summed E-state index contributed by atoms with van der Waals surface area (Å²) in [5.41, 5.74) is 1.10. The highest BCUT2D eigenvalue weighted by Crippen LogP contribution is 2.35. The Balaban J connectivity index is 1.54. The van der Waals surface area contributed by atoms with E-state index in [0.29, 0.717) is 31.9 Å². The van der Waals surface area contributed by atoms with Crippen LogP contribution in [0.15, 0.2) is 36.4 Å². The molecule has 0 atom stereocenters. The van der Waals surface area contributed by atoms with E-state index in [1.807, 2.05) is 31.2 Å². The molecule has 0 bridgehead atoms. The SMILES string of the molecule is CCc1ccccc1OCC(=O)N1CCN(C(=O)c2cc(O)c(O)c(O)c2)CC1. The van der Waals surface area contributed by atoms with Crippen molar-refractivity contribution in [3.05, 3.63) is 47.5 Å². The summed E-state index contributed by atoms with van der Waals surface area (Å²) in [6, 6.07) is 9.80. The van der Waals surface area contributed by atoms with Gasteiger partial charge in [-0.05, 0) is 30.2 Å². The number of para-hydroxylation sites is 1. The van der Waals surface area contributed by atoms with E-state index >= 15 is 0 Å². The number of phenols is 3. The Labute approximate surface area is 168 Å². The first kappa shape index (κ1) is 20.3. The van der Waals surface area contributed by atoms with Gasteiger partial charge in [0.1, 0.15) is 5.75 Å². The molecule has 154 valence electrons. The molecule has 2 aromatic carbocycles. The fraction of sp³-hybridized carbons (Fsp3) is 0.333. The third-order valence-electron chi connectivity index (χ3n) is 4.94. The Kier molecular flexibility index (Phi) is 6.11. The number of hydrogen-bond donors (Lipinski definition) is 3. The second-order valence-corrected chi connectivity index (χ2v) is 6.79. The molecule has 0 aliphatic carbocycles. The van der Waals surface area contributed by atoms with Gasteiger partial charge >= 0.3 is 0 Å². The van der Waals surface area contributed by atoms with Gasteiger partial charge in [0.15, 0.2) is 23.9 Å². The Morgan fingerprint density at radius 3 is 2.17 bits per heavy atom. The maximum absolute atomic E-state index is 12.6. The Morgan fingerprint density at radius 1 is 0.966 bits per heavy atom. The highest BCUT2D eigenvalue weighted by atomic mass is 16.5. The van der Waals surface area contributed by atoms with Crippen molar-refractivity contribution in [3.8, 4) is 23.0 Å². The first-order valence-electron chi connectivity index (χ1n) is 9.43. The van der Waals surface area contributed by atoms with Gasteiger partial charge in [-0.25, -0.2) is 0 Å². The molecule has 3 rings (SSSR count). The van der Waals surface area contributed by atoms with Crippen LogP contribution in [0, 0.1) is 0 Å². The zero-order valence-corrected chi connectivity index (χ0v) is 16.2. The molecule has 3 N–H and O–H groups in total. The quantitative estimate of drug-likeness (QED) is 0.660. The van der Waals surface area contributed by atoms with Crippen LogP contribution in [-0.4, -0.2) is 69.7 Å². The van der Waals surface area contributed by atoms with Crippen molar-refractivity contribution in [3.63, 3.8) is 0 Å². The first-order chi connectivity index (χ1) is 13.9. The summed E-state index contributed by atoms with van der Waals surface area (Å²) in [5, 5.41) is 28.6. The molecule has 8 heteroatoms. The number of nitrogens with zero attached hydrogens (tertiary/aromatic N) is 2. The molecule has 1 aliphatic heterocycles. The Bertz CT molecular complexity index is 883. The smallest absolute Gasteiger partial charge is 0.260 e. The number of hydrogen-bond acceptors (Lipinski definition) is 6. The summed E-state index contributed by atoms with van der Waals surface area (Å²) in [5.74, 6) is -1.64. The minimum absolute atomic E-state index is 0.0648. The summed E-state index contributed by atoms with van der Waals surface area (Å²) in [4.78, 5) is 28.2. The maximum atomic E-state index is 12.6. The molecule has 0 radical (unpaired) electrons. The Hall–Kier alpha value is -3.42. The molecule has 1 saturated heterocycles. The van der Waals surface area contributed by atoms with Crippen LogP contribution in [0.4, 0.5) is 0 Å². The number of aryl methyl sites for hydroxylation is 1. The number of phenolic OH excluding ortho intramolecular Hbond substituents is 3. The van der Waals surface area contributed by atoms with Crippen LogP contribution in [0.1, 0.15) is 22.8 Å². The topological polar surface area (TPSA) is 111 Å². The Morgan fingerprint density at radius 2 is 1.55 bits per heavy atom. The zero-order valence-electron chi connectivity index (χ0n) is 16.2. The second-order valence-electron chi connectivity index (χ2n) is 6.79. The van der Waals surface area contributed by atoms with Crippen LogP contribution in [0.2, 0.25) is 0 Å². The molecule has 0 spiro atoms. The lowest BCUT2D eigenvalue weighted by atomic mass is 10.1. The number of ether oxygens (including phenoxy) is 1. The number of rotatable bonds is 5. The van der Waals surface area contributed by atoms with Crippen LogP contribution < -0.4 is 4.74 Å². The van der Waals surface area contributed by atoms with Crippen molar-refractivity contribution in [2.75, 3.05) is 32.8 Å². The lowest BCUT2D eigenvalue weighted by Gasteiger charge is -2.34. The number of carbonyl (C=O) groups is 2. The zero-order chi connectivity index (χ0) is 21.0. The molecule has 8 nitrogen and oxygen atoms in total. The number of piperazine rings is 1. The van der Waals surface area contributed by atoms with Crippen molar-refractivity contribution >= 4 is 11.8 Å². The van der Waals surface area contributed by atoms with Gasteiger partial charge in [-0.1, -0.05) is 25.1 Å². The molecule has 0 saturated carbocycles. The third kappa shape index (κ3) is 4.53. The van der Waals surface area contributed by atoms with Gasteiger partial charge in [0.05, 0.1) is 0 Å². The molecule has 2 aromatic rings. The van der Waals surface area contributed by atoms with E-state index in [0.717, 1.165) is 24.1 Å². The van der Waals surface area contributed by atoms with Gasteiger partial charge in [-0.2, -0.15) is 0 Å². The molecule has 29 heavy (non-hydrogen) atoms. The average Bonchev–Trinajstić information content (AvgIpc) is 2.75. The third-order valence-corrected chi connectivity index (χ3v) is 4.94. The molecule has 0 unspecified atom stereocenters. The summed E-state index contributed by atoms with van der Waals surface area (Å²) >= 11 is 0. The lowest BCUT2D eigenvalue weighted by Crippen LogP contribution is -2.51. The molecule has 0 aromatic heterocycles. The minimum Gasteiger partial charge on any atom is -0.504 e. The van der Waals surface area contributed by atoms with Crippen molar-refractivity contribution in [2.45, 2.75) is 13.3 Å². The number of aromatic hydroxyl groups is 3. The summed E-state index contributed by atoms with van der Waals surface area (Å²) in [6.45, 7) is 3.31. The fourth-order valence-electron chi connectivity index (χ4n) is 3.24. The molecular formula is C21H24N2O6. The molecule has 1 fully saturated rings. The lowest BCUT2D eigenvalue weighted by molar-refractivity contribution is -0.134. The van der Waals surface area contributed by atoms with Crippen LogP contribution >= 0.6 is 0 Å². The number of benzene rings is 2. The standard InChI is InChI=1S/C21H24N2O6/c1-2-14-5-3-4-6-18(14)29-13-19(26)22-7-9-23(10-8-22)21(28)15-11-16(24)20(27)17(25)12-15/h3-6,11-12,24-25,27H,2,7-10,13H2,1H3. The maximum Gasteiger partial charge on any atom is 0.260 e. The monoisotopic (exact) mass is 400 g/mol. The van der Waals surface area contributed by atoms with E-state index < -0.39 is 23.2 Å². The van der Waals surface area contributed by atoms with E-state index in [1.54, 1.807) is 4.90 Å². The number of amides is 2. The van der Waals surface area contributed by atoms with E-state index in [2.05, 4.69) is 0 Å². The van der Waals surface area contributed by atoms with E-state index in [9.17, 15) is 24.9 Å². The van der Waals surface area contributed by atoms with Crippen molar-refractivity contribution in [2.24, 2.45) is 0 Å². The average molecular weight is 400 g/mol. The molecule has 1 aliphatic rings. The second kappa shape index (κ2) is 8.72. The molecule has 1 heterocycles. The summed E-state index contributed by atoms with van der Waals surface area (Å²) in [6.07, 6.45) is 0.813. The van der Waals surface area contributed by atoms with Crippen LogP contribution in [0.3, 0.4) is 0 Å². The fourth-order valence-corrected chi connectivity index (χ4v) is 3.24. The summed E-state index contributed by atoms with van der Waals surface area (Å²) in [7, 11) is 0. The largest absolute Gasteiger partial charge is 0.504 e.